The second-order valence-electron chi connectivity index (χ2n) is 5.34. The zero-order valence-corrected chi connectivity index (χ0v) is 14.4. The van der Waals surface area contributed by atoms with Crippen LogP contribution in [0.4, 0.5) is 5.69 Å². The zero-order chi connectivity index (χ0) is 17.6. The Morgan fingerprint density at radius 2 is 1.84 bits per heavy atom. The molecule has 0 amide bonds. The molecule has 0 heterocycles. The molecule has 0 saturated carbocycles. The summed E-state index contributed by atoms with van der Waals surface area (Å²) in [7, 11) is 0. The molecule has 3 rings (SSSR count). The van der Waals surface area contributed by atoms with Gasteiger partial charge in [0, 0.05) is 34.7 Å². The number of hydrogen-bond acceptors (Lipinski definition) is 5. The highest BCUT2D eigenvalue weighted by Crippen LogP contribution is 2.19. The van der Waals surface area contributed by atoms with Gasteiger partial charge in [0.15, 0.2) is 5.78 Å². The fraction of sp³-hybridized carbons (Fsp3) is 0.100. The van der Waals surface area contributed by atoms with Crippen LogP contribution < -0.4 is 10.0 Å². The molecule has 1 aliphatic carbocycles. The molecule has 2 N–H and O–H groups in total. The maximum atomic E-state index is 12.4. The van der Waals surface area contributed by atoms with E-state index in [0.29, 0.717) is 11.1 Å². The number of fused-ring (bicyclic) bond motifs is 1. The Morgan fingerprint density at radius 1 is 1.04 bits per heavy atom. The summed E-state index contributed by atoms with van der Waals surface area (Å²) in [5, 5.41) is 2.95. The van der Waals surface area contributed by atoms with Crippen molar-refractivity contribution in [1.29, 1.82) is 0 Å². The van der Waals surface area contributed by atoms with Crippen LogP contribution in [0.1, 0.15) is 26.3 Å². The molecule has 0 unspecified atom stereocenters. The van der Waals surface area contributed by atoms with Crippen molar-refractivity contribution in [1.82, 2.24) is 5.32 Å². The van der Waals surface area contributed by atoms with Crippen LogP contribution in [0.15, 0.2) is 60.3 Å². The first-order valence-electron chi connectivity index (χ1n) is 7.70. The number of carbonyl (C=O) groups excluding carboxylic acids is 2. The number of allylic oxidation sites excluding steroid dienone is 2. The molecule has 1 aliphatic rings. The summed E-state index contributed by atoms with van der Waals surface area (Å²) in [5.41, 5.74) is 3.03. The Kier molecular flexibility index (Phi) is 5.22. The average molecular weight is 348 g/mol. The van der Waals surface area contributed by atoms with Crippen molar-refractivity contribution in [3.63, 3.8) is 0 Å². The Balaban J connectivity index is 1.67. The van der Waals surface area contributed by atoms with Crippen molar-refractivity contribution in [3.8, 4) is 11.8 Å². The third-order valence-corrected chi connectivity index (χ3v) is 4.08. The fourth-order valence-corrected chi connectivity index (χ4v) is 2.87. The lowest BCUT2D eigenvalue weighted by atomic mass is 9.93. The molecular formula is C20H16N2O2S. The van der Waals surface area contributed by atoms with Crippen LogP contribution in [0, 0.1) is 11.8 Å². The highest BCUT2D eigenvalue weighted by molar-refractivity contribution is 7.99. The molecule has 0 aromatic heterocycles. The molecule has 124 valence electrons. The van der Waals surface area contributed by atoms with E-state index in [-0.39, 0.29) is 23.8 Å². The van der Waals surface area contributed by atoms with Crippen LogP contribution in [0.3, 0.4) is 0 Å². The third-order valence-electron chi connectivity index (χ3n) is 3.64. The normalized spacial score (nSPS) is 12.6. The van der Waals surface area contributed by atoms with Crippen LogP contribution in [-0.2, 0) is 0 Å². The van der Waals surface area contributed by atoms with Gasteiger partial charge in [-0.05, 0) is 18.2 Å². The molecule has 2 aromatic carbocycles. The number of nitrogens with one attached hydrogen (secondary N) is 2. The van der Waals surface area contributed by atoms with Gasteiger partial charge < -0.3 is 10.0 Å². The van der Waals surface area contributed by atoms with Crippen molar-refractivity contribution in [2.75, 3.05) is 17.5 Å². The van der Waals surface area contributed by atoms with Crippen LogP contribution in [-0.4, -0.2) is 24.4 Å². The third kappa shape index (κ3) is 3.93. The molecule has 0 radical (unpaired) electrons. The van der Waals surface area contributed by atoms with Gasteiger partial charge in [0.25, 0.3) is 0 Å². The average Bonchev–Trinajstić information content (AvgIpc) is 2.63. The lowest BCUT2D eigenvalue weighted by Gasteiger charge is -2.15. The van der Waals surface area contributed by atoms with E-state index in [0.717, 1.165) is 11.3 Å². The highest BCUT2D eigenvalue weighted by Gasteiger charge is 2.24. The number of carbonyl (C=O) groups is 2. The van der Waals surface area contributed by atoms with E-state index in [1.165, 1.54) is 18.0 Å². The second-order valence-corrected chi connectivity index (χ2v) is 5.95. The van der Waals surface area contributed by atoms with Gasteiger partial charge in [-0.1, -0.05) is 54.1 Å². The lowest BCUT2D eigenvalue weighted by Crippen LogP contribution is -2.27. The van der Waals surface area contributed by atoms with Gasteiger partial charge in [-0.15, -0.1) is 0 Å². The molecule has 25 heavy (non-hydrogen) atoms. The second kappa shape index (κ2) is 7.73. The molecule has 0 aliphatic heterocycles. The van der Waals surface area contributed by atoms with Crippen molar-refractivity contribution in [2.45, 2.75) is 0 Å². The van der Waals surface area contributed by atoms with E-state index < -0.39 is 0 Å². The van der Waals surface area contributed by atoms with Gasteiger partial charge in [0.1, 0.15) is 0 Å². The molecule has 0 fully saturated rings. The molecular weight excluding hydrogens is 332 g/mol. The predicted octanol–water partition coefficient (Wildman–Crippen LogP) is 3.28. The molecule has 5 heteroatoms. The first-order valence-corrected chi connectivity index (χ1v) is 8.93. The Bertz CT molecular complexity index is 923. The Labute approximate surface area is 150 Å². The molecule has 0 bridgehead atoms. The minimum Gasteiger partial charge on any atom is -0.371 e. The van der Waals surface area contributed by atoms with Crippen LogP contribution in [0.5, 0.6) is 0 Å². The van der Waals surface area contributed by atoms with Gasteiger partial charge in [-0.25, -0.2) is 0 Å². The molecule has 0 spiro atoms. The number of anilines is 1. The molecule has 0 saturated heterocycles. The van der Waals surface area contributed by atoms with Crippen LogP contribution in [0.2, 0.25) is 0 Å². The van der Waals surface area contributed by atoms with E-state index >= 15 is 0 Å². The summed E-state index contributed by atoms with van der Waals surface area (Å²) in [4.78, 5) is 24.5. The Hall–Kier alpha value is -2.97. The van der Waals surface area contributed by atoms with E-state index in [1.54, 1.807) is 24.3 Å². The maximum absolute atomic E-state index is 12.4. The number of rotatable bonds is 4. The van der Waals surface area contributed by atoms with E-state index in [2.05, 4.69) is 21.9 Å². The summed E-state index contributed by atoms with van der Waals surface area (Å²) < 4.78 is 3.15. The molecule has 2 aromatic rings. The van der Waals surface area contributed by atoms with E-state index in [4.69, 9.17) is 0 Å². The summed E-state index contributed by atoms with van der Waals surface area (Å²) in [6, 6.07) is 14.6. The fourth-order valence-electron chi connectivity index (χ4n) is 2.51. The van der Waals surface area contributed by atoms with Gasteiger partial charge in [-0.3, -0.25) is 9.59 Å². The summed E-state index contributed by atoms with van der Waals surface area (Å²) >= 11 is 1.52. The molecule has 0 atom stereocenters. The SMILES string of the molecule is CSNc1cccc(C#CCNC2=CC(=O)c3ccccc3C2=O)c1. The zero-order valence-electron chi connectivity index (χ0n) is 13.6. The predicted molar refractivity (Wildman–Crippen MR) is 102 cm³/mol. The van der Waals surface area contributed by atoms with E-state index in [9.17, 15) is 9.59 Å². The first kappa shape index (κ1) is 16.9. The number of ketones is 2. The van der Waals surface area contributed by atoms with Crippen molar-refractivity contribution in [3.05, 3.63) is 77.0 Å². The summed E-state index contributed by atoms with van der Waals surface area (Å²) in [5.74, 6) is 5.68. The minimum absolute atomic E-state index is 0.165. The van der Waals surface area contributed by atoms with Gasteiger partial charge in [0.2, 0.25) is 5.78 Å². The topological polar surface area (TPSA) is 58.2 Å². The summed E-state index contributed by atoms with van der Waals surface area (Å²) in [6.45, 7) is 0.285. The van der Waals surface area contributed by atoms with Crippen LogP contribution >= 0.6 is 11.9 Å². The minimum atomic E-state index is -0.178. The first-order chi connectivity index (χ1) is 12.2. The van der Waals surface area contributed by atoms with Crippen molar-refractivity contribution in [2.24, 2.45) is 0 Å². The maximum Gasteiger partial charge on any atom is 0.209 e. The number of Topliss-reactive ketones (excluding diaryl/α,β-unsaturated/α-hetero) is 1. The summed E-state index contributed by atoms with van der Waals surface area (Å²) in [6.07, 6.45) is 3.30. The van der Waals surface area contributed by atoms with Gasteiger partial charge >= 0.3 is 0 Å². The van der Waals surface area contributed by atoms with Crippen molar-refractivity contribution >= 4 is 29.2 Å². The van der Waals surface area contributed by atoms with Crippen LogP contribution in [0.25, 0.3) is 0 Å². The molecule has 4 nitrogen and oxygen atoms in total. The lowest BCUT2D eigenvalue weighted by molar-refractivity contribution is 0.0979. The number of hydrogen-bond donors (Lipinski definition) is 2. The van der Waals surface area contributed by atoms with E-state index in [1.807, 2.05) is 30.5 Å². The van der Waals surface area contributed by atoms with Gasteiger partial charge in [-0.2, -0.15) is 0 Å². The monoisotopic (exact) mass is 348 g/mol. The quantitative estimate of drug-likeness (QED) is 0.656. The Morgan fingerprint density at radius 3 is 2.64 bits per heavy atom. The highest BCUT2D eigenvalue weighted by atomic mass is 32.2. The van der Waals surface area contributed by atoms with Crippen molar-refractivity contribution < 1.29 is 9.59 Å². The standard InChI is InChI=1S/C20H16N2O2S/c1-25-22-15-8-4-6-14(12-15)7-5-11-21-18-13-19(23)16-9-2-3-10-17(16)20(18)24/h2-4,6,8-10,12-13,21-22H,11H2,1H3. The van der Waals surface area contributed by atoms with Gasteiger partial charge in [0.05, 0.1) is 12.2 Å². The number of benzene rings is 2. The smallest absolute Gasteiger partial charge is 0.209 e. The largest absolute Gasteiger partial charge is 0.371 e.